The minimum Gasteiger partial charge on any atom is -0.356 e. The normalized spacial score (nSPS) is 10.1. The molecule has 0 saturated heterocycles. The van der Waals surface area contributed by atoms with Crippen molar-refractivity contribution in [3.8, 4) is 11.3 Å². The Bertz CT molecular complexity index is 510. The van der Waals surface area contributed by atoms with E-state index < -0.39 is 0 Å². The second kappa shape index (κ2) is 5.09. The molecule has 5 heteroatoms. The SMILES string of the molecule is Cc1c2ccc(=O)cc-2onc1CCN.Cl. The highest BCUT2D eigenvalue weighted by molar-refractivity contribution is 5.85. The van der Waals surface area contributed by atoms with Crippen molar-refractivity contribution in [3.05, 3.63) is 39.7 Å². The van der Waals surface area contributed by atoms with E-state index >= 15 is 0 Å². The van der Waals surface area contributed by atoms with Crippen LogP contribution in [0, 0.1) is 6.92 Å². The van der Waals surface area contributed by atoms with Crippen molar-refractivity contribution in [3.63, 3.8) is 0 Å². The molecule has 0 aromatic rings. The molecule has 0 fully saturated rings. The van der Waals surface area contributed by atoms with E-state index in [2.05, 4.69) is 5.16 Å². The summed E-state index contributed by atoms with van der Waals surface area (Å²) >= 11 is 0. The molecule has 1 aliphatic heterocycles. The van der Waals surface area contributed by atoms with Gasteiger partial charge in [0.25, 0.3) is 0 Å². The number of nitrogens with two attached hydrogens (primary N) is 1. The van der Waals surface area contributed by atoms with Crippen LogP contribution in [0.1, 0.15) is 11.3 Å². The van der Waals surface area contributed by atoms with E-state index in [1.807, 2.05) is 6.92 Å². The Morgan fingerprint density at radius 1 is 1.44 bits per heavy atom. The first-order valence-corrected chi connectivity index (χ1v) is 4.81. The molecule has 0 saturated carbocycles. The summed E-state index contributed by atoms with van der Waals surface area (Å²) in [5.74, 6) is 0.528. The highest BCUT2D eigenvalue weighted by Crippen LogP contribution is 2.24. The van der Waals surface area contributed by atoms with Crippen LogP contribution < -0.4 is 11.2 Å². The number of aromatic nitrogens is 1. The Kier molecular flexibility index (Phi) is 4.04. The maximum Gasteiger partial charge on any atom is 0.182 e. The maximum atomic E-state index is 11.1. The van der Waals surface area contributed by atoms with E-state index in [4.69, 9.17) is 10.3 Å². The molecule has 2 aliphatic rings. The van der Waals surface area contributed by atoms with Crippen molar-refractivity contribution in [2.45, 2.75) is 13.3 Å². The lowest BCUT2D eigenvalue weighted by Crippen LogP contribution is -2.08. The summed E-state index contributed by atoms with van der Waals surface area (Å²) in [4.78, 5) is 11.1. The summed E-state index contributed by atoms with van der Waals surface area (Å²) in [5.41, 5.74) is 8.20. The monoisotopic (exact) mass is 240 g/mol. The lowest BCUT2D eigenvalue weighted by Gasteiger charge is -2.09. The third kappa shape index (κ3) is 2.23. The predicted octanol–water partition coefficient (Wildman–Crippen LogP) is 1.37. The zero-order chi connectivity index (χ0) is 10.8. The molecular weight excluding hydrogens is 228 g/mol. The van der Waals surface area contributed by atoms with Gasteiger partial charge >= 0.3 is 0 Å². The van der Waals surface area contributed by atoms with Gasteiger partial charge in [0, 0.05) is 18.1 Å². The third-order valence-corrected chi connectivity index (χ3v) is 2.43. The average Bonchev–Trinajstić information content (AvgIpc) is 2.22. The van der Waals surface area contributed by atoms with Crippen LogP contribution in [0.25, 0.3) is 11.3 Å². The standard InChI is InChI=1S/C11H12N2O2.ClH/c1-7-9-3-2-8(14)6-11(9)15-13-10(7)4-5-12;/h2-3,6H,4-5,12H2,1H3;1H. The van der Waals surface area contributed by atoms with E-state index in [1.165, 1.54) is 12.1 Å². The quantitative estimate of drug-likeness (QED) is 0.861. The molecule has 86 valence electrons. The maximum absolute atomic E-state index is 11.1. The van der Waals surface area contributed by atoms with Gasteiger partial charge in [0.1, 0.15) is 0 Å². The van der Waals surface area contributed by atoms with Crippen LogP contribution in [0.2, 0.25) is 0 Å². The molecule has 0 spiro atoms. The summed E-state index contributed by atoms with van der Waals surface area (Å²) in [6.45, 7) is 2.49. The van der Waals surface area contributed by atoms with Crippen molar-refractivity contribution < 1.29 is 4.52 Å². The molecule has 0 bridgehead atoms. The zero-order valence-electron chi connectivity index (χ0n) is 8.90. The largest absolute Gasteiger partial charge is 0.356 e. The number of halogens is 1. The first-order valence-electron chi connectivity index (χ1n) is 4.81. The molecule has 0 aromatic heterocycles. The first-order chi connectivity index (χ1) is 7.22. The Hall–Kier alpha value is -1.39. The Morgan fingerprint density at radius 3 is 2.88 bits per heavy atom. The van der Waals surface area contributed by atoms with Crippen molar-refractivity contribution in [2.75, 3.05) is 6.54 Å². The van der Waals surface area contributed by atoms with Gasteiger partial charge in [0.05, 0.1) is 5.69 Å². The van der Waals surface area contributed by atoms with Crippen molar-refractivity contribution >= 4 is 12.4 Å². The van der Waals surface area contributed by atoms with Crippen molar-refractivity contribution in [1.82, 2.24) is 5.16 Å². The van der Waals surface area contributed by atoms with Crippen molar-refractivity contribution in [2.24, 2.45) is 5.73 Å². The summed E-state index contributed by atoms with van der Waals surface area (Å²) in [6.07, 6.45) is 0.685. The van der Waals surface area contributed by atoms with Gasteiger partial charge in [-0.2, -0.15) is 0 Å². The van der Waals surface area contributed by atoms with Gasteiger partial charge in [-0.25, -0.2) is 0 Å². The Morgan fingerprint density at radius 2 is 2.19 bits per heavy atom. The minimum atomic E-state index is -0.0703. The van der Waals surface area contributed by atoms with Gasteiger partial charge in [-0.1, -0.05) is 5.16 Å². The van der Waals surface area contributed by atoms with Crippen molar-refractivity contribution in [1.29, 1.82) is 0 Å². The summed E-state index contributed by atoms with van der Waals surface area (Å²) < 4.78 is 5.15. The van der Waals surface area contributed by atoms with Gasteiger partial charge in [-0.15, -0.1) is 12.4 Å². The van der Waals surface area contributed by atoms with Crippen LogP contribution >= 0.6 is 12.4 Å². The highest BCUT2D eigenvalue weighted by atomic mass is 35.5. The van der Waals surface area contributed by atoms with Crippen LogP contribution in [0.3, 0.4) is 0 Å². The van der Waals surface area contributed by atoms with E-state index in [0.717, 1.165) is 16.8 Å². The molecule has 0 amide bonds. The molecule has 0 unspecified atom stereocenters. The van der Waals surface area contributed by atoms with Gasteiger partial charge in [0.15, 0.2) is 11.2 Å². The average molecular weight is 241 g/mol. The molecule has 1 aliphatic carbocycles. The van der Waals surface area contributed by atoms with E-state index in [-0.39, 0.29) is 17.8 Å². The number of fused-ring (bicyclic) bond motifs is 1. The van der Waals surface area contributed by atoms with Crippen LogP contribution in [0.5, 0.6) is 0 Å². The highest BCUT2D eigenvalue weighted by Gasteiger charge is 2.12. The van der Waals surface area contributed by atoms with Crippen LogP contribution in [-0.4, -0.2) is 11.7 Å². The van der Waals surface area contributed by atoms with Gasteiger partial charge in [0.2, 0.25) is 0 Å². The minimum absolute atomic E-state index is 0. The fourth-order valence-electron chi connectivity index (χ4n) is 1.59. The van der Waals surface area contributed by atoms with E-state index in [1.54, 1.807) is 6.07 Å². The van der Waals surface area contributed by atoms with Crippen LogP contribution in [0.4, 0.5) is 0 Å². The molecule has 0 aromatic carbocycles. The Labute approximate surface area is 99.2 Å². The first kappa shape index (κ1) is 12.7. The third-order valence-electron chi connectivity index (χ3n) is 2.43. The summed E-state index contributed by atoms with van der Waals surface area (Å²) in [7, 11) is 0. The summed E-state index contributed by atoms with van der Waals surface area (Å²) in [6, 6.07) is 4.73. The van der Waals surface area contributed by atoms with Gasteiger partial charge in [-0.3, -0.25) is 4.79 Å². The lowest BCUT2D eigenvalue weighted by atomic mass is 10.0. The molecule has 2 rings (SSSR count). The number of rotatable bonds is 2. The fourth-order valence-corrected chi connectivity index (χ4v) is 1.59. The number of hydrogen-bond acceptors (Lipinski definition) is 4. The molecule has 0 radical (unpaired) electrons. The van der Waals surface area contributed by atoms with Gasteiger partial charge < -0.3 is 10.3 Å². The topological polar surface area (TPSA) is 69.1 Å². The molecule has 16 heavy (non-hydrogen) atoms. The second-order valence-electron chi connectivity index (χ2n) is 3.45. The molecule has 4 nitrogen and oxygen atoms in total. The lowest BCUT2D eigenvalue weighted by molar-refractivity contribution is 0.398. The van der Waals surface area contributed by atoms with E-state index in [0.29, 0.717) is 18.7 Å². The molecule has 1 heterocycles. The number of benzene rings is 1. The van der Waals surface area contributed by atoms with E-state index in [9.17, 15) is 4.79 Å². The molecule has 2 N–H and O–H groups in total. The second-order valence-corrected chi connectivity index (χ2v) is 3.45. The van der Waals surface area contributed by atoms with Crippen LogP contribution in [-0.2, 0) is 6.42 Å². The predicted molar refractivity (Wildman–Crippen MR) is 64.1 cm³/mol. The number of hydrogen-bond donors (Lipinski definition) is 1. The zero-order valence-corrected chi connectivity index (χ0v) is 9.71. The fraction of sp³-hybridized carbons (Fsp3) is 0.273. The molecular formula is C11H13ClN2O2. The summed E-state index contributed by atoms with van der Waals surface area (Å²) in [5, 5.41) is 3.94. The Balaban J connectivity index is 0.00000128. The molecule has 0 atom stereocenters. The van der Waals surface area contributed by atoms with Gasteiger partial charge in [-0.05, 0) is 31.2 Å². The number of nitrogens with zero attached hydrogens (tertiary/aromatic N) is 1. The van der Waals surface area contributed by atoms with Crippen LogP contribution in [0.15, 0.2) is 27.5 Å². The smallest absolute Gasteiger partial charge is 0.182 e.